The van der Waals surface area contributed by atoms with Crippen molar-refractivity contribution < 1.29 is 13.9 Å². The van der Waals surface area contributed by atoms with Crippen LogP contribution in [-0.4, -0.2) is 18.0 Å². The minimum atomic E-state index is -0.177. The van der Waals surface area contributed by atoms with Crippen molar-refractivity contribution in [3.63, 3.8) is 0 Å². The highest BCUT2D eigenvalue weighted by atomic mass is 32.1. The summed E-state index contributed by atoms with van der Waals surface area (Å²) in [5.41, 5.74) is 2.61. The lowest BCUT2D eigenvalue weighted by atomic mass is 10.0. The first-order chi connectivity index (χ1) is 14.1. The van der Waals surface area contributed by atoms with E-state index in [9.17, 15) is 4.79 Å². The van der Waals surface area contributed by atoms with Crippen LogP contribution in [0.15, 0.2) is 65.3 Å². The lowest BCUT2D eigenvalue weighted by molar-refractivity contribution is 0.0980. The van der Waals surface area contributed by atoms with Gasteiger partial charge in [-0.3, -0.25) is 9.69 Å². The molecular weight excluding hydrogens is 384 g/mol. The molecule has 2 aromatic heterocycles. The van der Waals surface area contributed by atoms with Gasteiger partial charge in [0.05, 0.1) is 35.7 Å². The Balaban J connectivity index is 1.82. The molecule has 4 rings (SSSR count). The van der Waals surface area contributed by atoms with Crippen molar-refractivity contribution in [2.75, 3.05) is 12.0 Å². The summed E-state index contributed by atoms with van der Waals surface area (Å²) >= 11 is 1.51. The molecule has 2 aromatic carbocycles. The van der Waals surface area contributed by atoms with Crippen molar-refractivity contribution in [2.45, 2.75) is 26.3 Å². The lowest BCUT2D eigenvalue weighted by Crippen LogP contribution is -2.30. The molecule has 0 saturated carbocycles. The average Bonchev–Trinajstić information content (AvgIpc) is 3.40. The van der Waals surface area contributed by atoms with Crippen LogP contribution in [0.2, 0.25) is 0 Å². The number of fused-ring (bicyclic) bond motifs is 1. The molecule has 0 N–H and O–H groups in total. The topological polar surface area (TPSA) is 55.6 Å². The molecule has 0 aliphatic carbocycles. The predicted molar refractivity (Wildman–Crippen MR) is 116 cm³/mol. The number of hydrogen-bond donors (Lipinski definition) is 0. The maximum Gasteiger partial charge on any atom is 0.264 e. The number of carbonyl (C=O) groups excluding carboxylic acids is 1. The van der Waals surface area contributed by atoms with Gasteiger partial charge in [-0.15, -0.1) is 0 Å². The molecule has 0 bridgehead atoms. The standard InChI is InChI=1S/C23H22N2O3S/c1-15(2)17-10-6-12-20-21(17)24-23(29-20)25(14-16-8-7-13-28-16)22(26)18-9-4-5-11-19(18)27-3/h4-13,15H,14H2,1-3H3. The summed E-state index contributed by atoms with van der Waals surface area (Å²) in [5, 5.41) is 0.639. The molecule has 0 aliphatic heterocycles. The Hall–Kier alpha value is -3.12. The molecule has 29 heavy (non-hydrogen) atoms. The van der Waals surface area contributed by atoms with Crippen molar-refractivity contribution in [3.8, 4) is 5.75 Å². The number of aromatic nitrogens is 1. The Kier molecular flexibility index (Phi) is 5.36. The third kappa shape index (κ3) is 3.76. The monoisotopic (exact) mass is 406 g/mol. The van der Waals surface area contributed by atoms with Crippen LogP contribution in [0.1, 0.15) is 41.4 Å². The number of thiazole rings is 1. The number of para-hydroxylation sites is 2. The Morgan fingerprint density at radius 2 is 1.97 bits per heavy atom. The average molecular weight is 407 g/mol. The number of methoxy groups -OCH3 is 1. The fourth-order valence-electron chi connectivity index (χ4n) is 3.29. The van der Waals surface area contributed by atoms with Gasteiger partial charge in [-0.2, -0.15) is 0 Å². The second-order valence-electron chi connectivity index (χ2n) is 7.02. The summed E-state index contributed by atoms with van der Waals surface area (Å²) in [6, 6.07) is 17.1. The second-order valence-corrected chi connectivity index (χ2v) is 8.03. The van der Waals surface area contributed by atoms with E-state index in [0.29, 0.717) is 34.7 Å². The number of ether oxygens (including phenoxy) is 1. The number of amides is 1. The summed E-state index contributed by atoms with van der Waals surface area (Å²) < 4.78 is 12.0. The van der Waals surface area contributed by atoms with Crippen molar-refractivity contribution in [3.05, 3.63) is 77.7 Å². The summed E-state index contributed by atoms with van der Waals surface area (Å²) in [6.07, 6.45) is 1.61. The lowest BCUT2D eigenvalue weighted by Gasteiger charge is -2.20. The van der Waals surface area contributed by atoms with E-state index >= 15 is 0 Å². The zero-order valence-electron chi connectivity index (χ0n) is 16.6. The van der Waals surface area contributed by atoms with Gasteiger partial charge in [-0.25, -0.2) is 4.98 Å². The van der Waals surface area contributed by atoms with Gasteiger partial charge in [0.2, 0.25) is 0 Å². The van der Waals surface area contributed by atoms with E-state index in [1.165, 1.54) is 16.9 Å². The SMILES string of the molecule is COc1ccccc1C(=O)N(Cc1ccco1)c1nc2c(C(C)C)cccc2s1. The quantitative estimate of drug-likeness (QED) is 0.402. The second kappa shape index (κ2) is 8.09. The van der Waals surface area contributed by atoms with E-state index in [2.05, 4.69) is 19.9 Å². The largest absolute Gasteiger partial charge is 0.496 e. The first-order valence-corrected chi connectivity index (χ1v) is 10.3. The summed E-state index contributed by atoms with van der Waals surface area (Å²) in [4.78, 5) is 20.0. The van der Waals surface area contributed by atoms with E-state index < -0.39 is 0 Å². The molecule has 0 atom stereocenters. The number of nitrogens with zero attached hydrogens (tertiary/aromatic N) is 2. The minimum Gasteiger partial charge on any atom is -0.496 e. The van der Waals surface area contributed by atoms with Gasteiger partial charge in [0.25, 0.3) is 5.91 Å². The zero-order chi connectivity index (χ0) is 20.4. The normalized spacial score (nSPS) is 11.2. The fraction of sp³-hybridized carbons (Fsp3) is 0.217. The van der Waals surface area contributed by atoms with Crippen molar-refractivity contribution in [1.82, 2.24) is 4.98 Å². The molecule has 0 fully saturated rings. The summed E-state index contributed by atoms with van der Waals surface area (Å²) in [7, 11) is 1.57. The number of carbonyl (C=O) groups is 1. The molecule has 6 heteroatoms. The first kappa shape index (κ1) is 19.2. The van der Waals surface area contributed by atoms with Crippen LogP contribution < -0.4 is 9.64 Å². The van der Waals surface area contributed by atoms with Crippen LogP contribution in [0.3, 0.4) is 0 Å². The molecule has 0 radical (unpaired) electrons. The number of rotatable bonds is 6. The summed E-state index contributed by atoms with van der Waals surface area (Å²) in [6.45, 7) is 4.59. The van der Waals surface area contributed by atoms with Crippen LogP contribution in [0.5, 0.6) is 5.75 Å². The van der Waals surface area contributed by atoms with Gasteiger partial charge in [-0.1, -0.05) is 49.4 Å². The molecule has 4 aromatic rings. The number of hydrogen-bond acceptors (Lipinski definition) is 5. The van der Waals surface area contributed by atoms with E-state index in [1.54, 1.807) is 30.4 Å². The molecule has 0 unspecified atom stereocenters. The van der Waals surface area contributed by atoms with Gasteiger partial charge < -0.3 is 9.15 Å². The molecule has 148 valence electrons. The molecule has 0 aliphatic rings. The number of anilines is 1. The van der Waals surface area contributed by atoms with E-state index in [0.717, 1.165) is 10.2 Å². The molecule has 0 spiro atoms. The van der Waals surface area contributed by atoms with Gasteiger partial charge in [0.15, 0.2) is 5.13 Å². The Morgan fingerprint density at radius 1 is 1.14 bits per heavy atom. The third-order valence-electron chi connectivity index (χ3n) is 4.77. The highest BCUT2D eigenvalue weighted by molar-refractivity contribution is 7.22. The van der Waals surface area contributed by atoms with Crippen LogP contribution in [0.4, 0.5) is 5.13 Å². The Bertz CT molecular complexity index is 1130. The maximum absolute atomic E-state index is 13.5. The Morgan fingerprint density at radius 3 is 2.69 bits per heavy atom. The van der Waals surface area contributed by atoms with Crippen molar-refractivity contribution in [2.24, 2.45) is 0 Å². The minimum absolute atomic E-state index is 0.177. The van der Waals surface area contributed by atoms with Crippen LogP contribution in [0.25, 0.3) is 10.2 Å². The molecule has 5 nitrogen and oxygen atoms in total. The van der Waals surface area contributed by atoms with Crippen LogP contribution in [0, 0.1) is 0 Å². The smallest absolute Gasteiger partial charge is 0.264 e. The highest BCUT2D eigenvalue weighted by Crippen LogP contribution is 2.35. The number of benzene rings is 2. The van der Waals surface area contributed by atoms with Crippen LogP contribution in [-0.2, 0) is 6.54 Å². The zero-order valence-corrected chi connectivity index (χ0v) is 17.4. The first-order valence-electron chi connectivity index (χ1n) is 9.45. The molecular formula is C23H22N2O3S. The van der Waals surface area contributed by atoms with E-state index in [4.69, 9.17) is 14.1 Å². The van der Waals surface area contributed by atoms with Gasteiger partial charge >= 0.3 is 0 Å². The summed E-state index contributed by atoms with van der Waals surface area (Å²) in [5.74, 6) is 1.39. The number of furan rings is 1. The van der Waals surface area contributed by atoms with Crippen LogP contribution >= 0.6 is 11.3 Å². The van der Waals surface area contributed by atoms with E-state index in [-0.39, 0.29) is 5.91 Å². The van der Waals surface area contributed by atoms with Gasteiger partial charge in [0, 0.05) is 0 Å². The highest BCUT2D eigenvalue weighted by Gasteiger charge is 2.25. The van der Waals surface area contributed by atoms with Crippen molar-refractivity contribution >= 4 is 32.6 Å². The van der Waals surface area contributed by atoms with Gasteiger partial charge in [-0.05, 0) is 41.8 Å². The fourth-order valence-corrected chi connectivity index (χ4v) is 4.29. The van der Waals surface area contributed by atoms with E-state index in [1.807, 2.05) is 36.4 Å². The van der Waals surface area contributed by atoms with Crippen molar-refractivity contribution in [1.29, 1.82) is 0 Å². The molecule has 2 heterocycles. The molecule has 1 amide bonds. The third-order valence-corrected chi connectivity index (χ3v) is 5.81. The maximum atomic E-state index is 13.5. The van der Waals surface area contributed by atoms with Gasteiger partial charge in [0.1, 0.15) is 11.5 Å². The molecule has 0 saturated heterocycles. The Labute approximate surface area is 173 Å². The predicted octanol–water partition coefficient (Wildman–Crippen LogP) is 5.87.